The van der Waals surface area contributed by atoms with E-state index in [1.807, 2.05) is 63.5 Å². The fourth-order valence-corrected chi connectivity index (χ4v) is 21.0. The van der Waals surface area contributed by atoms with E-state index in [0.717, 1.165) is 179 Å². The van der Waals surface area contributed by atoms with Crippen LogP contribution in [0.5, 0.6) is 0 Å². The molecule has 7 saturated carbocycles. The van der Waals surface area contributed by atoms with Gasteiger partial charge >= 0.3 is 0 Å². The Labute approximate surface area is 713 Å². The van der Waals surface area contributed by atoms with Crippen LogP contribution in [-0.4, -0.2) is 213 Å². The van der Waals surface area contributed by atoms with Gasteiger partial charge in [-0.25, -0.2) is 44.9 Å². The van der Waals surface area contributed by atoms with E-state index in [1.54, 1.807) is 0 Å². The monoisotopic (exact) mass is 1670 g/mol. The van der Waals surface area contributed by atoms with Gasteiger partial charge < -0.3 is 81.4 Å². The largest absolute Gasteiger partial charge is 0.390 e. The molecule has 28 heteroatoms. The number of nitrogens with two attached hydrogens (primary N) is 3. The average molecular weight is 1670 g/mol. The van der Waals surface area contributed by atoms with Crippen LogP contribution < -0.4 is 17.2 Å². The highest BCUT2D eigenvalue weighted by Crippen LogP contribution is 2.47. The maximum absolute atomic E-state index is 11.2. The molecule has 19 rings (SSSR count). The zero-order chi connectivity index (χ0) is 84.8. The summed E-state index contributed by atoms with van der Waals surface area (Å²) in [4.78, 5) is 58.0. The summed E-state index contributed by atoms with van der Waals surface area (Å²) in [5.74, 6) is 7.88. The lowest BCUT2D eigenvalue weighted by atomic mass is 9.76. The Kier molecular flexibility index (Phi) is 24.0. The lowest BCUT2D eigenvalue weighted by molar-refractivity contribution is -0.0132. The third kappa shape index (κ3) is 17.9. The van der Waals surface area contributed by atoms with Crippen LogP contribution in [0.15, 0.2) is 104 Å². The number of nitrogens with one attached hydrogen (secondary N) is 3. The predicted octanol–water partition coefficient (Wildman–Crippen LogP) is 12.9. The number of benzene rings is 3. The fraction of sp³-hybridized carbons (Fsp3) is 0.581. The first-order valence-electron chi connectivity index (χ1n) is 44.5. The van der Waals surface area contributed by atoms with Crippen molar-refractivity contribution in [2.24, 2.45) is 47.3 Å². The van der Waals surface area contributed by atoms with Crippen LogP contribution in [0.1, 0.15) is 198 Å². The van der Waals surface area contributed by atoms with Crippen LogP contribution in [-0.2, 0) is 30.1 Å². The molecule has 3 aromatic carbocycles. The van der Waals surface area contributed by atoms with Crippen LogP contribution in [0.4, 0.5) is 17.5 Å². The molecular weight excluding hydrogens is 1540 g/mol. The third-order valence-corrected chi connectivity index (χ3v) is 28.9. The molecule has 0 unspecified atom stereocenters. The van der Waals surface area contributed by atoms with Gasteiger partial charge in [0.1, 0.15) is 89.2 Å². The van der Waals surface area contributed by atoms with E-state index < -0.39 is 36.6 Å². The van der Waals surface area contributed by atoms with E-state index in [1.165, 1.54) is 68.6 Å². The minimum absolute atomic E-state index is 0.00651. The molecule has 0 spiro atoms. The number of fused-ring (bicyclic) bond motifs is 6. The molecule has 0 saturated heterocycles. The van der Waals surface area contributed by atoms with E-state index >= 15 is 0 Å². The highest BCUT2D eigenvalue weighted by atomic mass is 35.5. The summed E-state index contributed by atoms with van der Waals surface area (Å²) in [6.07, 6.45) is 23.3. The van der Waals surface area contributed by atoms with Crippen molar-refractivity contribution < 1.29 is 30.6 Å². The van der Waals surface area contributed by atoms with Crippen molar-refractivity contribution in [3.8, 4) is 0 Å². The van der Waals surface area contributed by atoms with Crippen molar-refractivity contribution >= 4 is 95.3 Å². The van der Waals surface area contributed by atoms with Gasteiger partial charge in [-0.1, -0.05) is 79.1 Å². The zero-order valence-electron chi connectivity index (χ0n) is 71.9. The molecule has 7 fully saturated rings. The number of hydrogen-bond donors (Lipinski definition) is 12. The average Bonchev–Trinajstić information content (AvgIpc) is 1.63. The topological polar surface area (TPSA) is 387 Å². The Hall–Kier alpha value is -8.74. The molecule has 0 amide bonds. The van der Waals surface area contributed by atoms with Crippen molar-refractivity contribution in [1.29, 1.82) is 0 Å². The summed E-state index contributed by atoms with van der Waals surface area (Å²) in [6, 6.07) is 23.7. The lowest BCUT2D eigenvalue weighted by Gasteiger charge is -2.45. The van der Waals surface area contributed by atoms with Gasteiger partial charge in [0.15, 0.2) is 0 Å². The number of aromatic nitrogens is 15. The van der Waals surface area contributed by atoms with Gasteiger partial charge in [0.25, 0.3) is 0 Å². The van der Waals surface area contributed by atoms with Crippen LogP contribution in [0, 0.1) is 54.3 Å². The summed E-state index contributed by atoms with van der Waals surface area (Å²) >= 11 is 6.24. The smallest absolute Gasteiger partial charge is 0.145 e. The van der Waals surface area contributed by atoms with Crippen molar-refractivity contribution in [1.82, 2.24) is 88.2 Å². The van der Waals surface area contributed by atoms with Gasteiger partial charge in [-0.15, -0.1) is 0 Å². The van der Waals surface area contributed by atoms with Gasteiger partial charge in [0.05, 0.1) is 85.7 Å². The Morgan fingerprint density at radius 3 is 1.21 bits per heavy atom. The highest BCUT2D eigenvalue weighted by Gasteiger charge is 2.49. The Bertz CT molecular complexity index is 5340. The molecule has 646 valence electrons. The van der Waals surface area contributed by atoms with Crippen molar-refractivity contribution in [3.05, 3.63) is 143 Å². The number of hydrogen-bond acceptors (Lipinski definition) is 21. The SMILES string of the molecule is CC(C)(C)c1ccc2nc(CCC3CC(N(CC4CC4)C[C@H]4C[C@@H](n5ccc6c(N)ncnc65)[C@H](O)[C@@H]4O)C3)[nH]c2c1.CC(C)CN(C[C@H]1C[C@@H](n2ccc3c(N)ncnc32)[C@H](O)[C@@H]1O)C1CC(CCc2nc3ccc(C(C)(C)C)cc3[nH]2)C1.Cc1cc2[nH]c(CCC3CC(N(C)C[C@H]4C[C@@H](n5ccc6c(N)ncnc65)[C@H](O)[C@@H]4O)C3)nc2cc1Cl. The zero-order valence-corrected chi connectivity index (χ0v) is 72.7. The third-order valence-electron chi connectivity index (χ3n) is 28.5. The number of aliphatic hydroxyl groups is 6. The van der Waals surface area contributed by atoms with Crippen molar-refractivity contribution in [3.63, 3.8) is 0 Å². The number of aryl methyl sites for hydroxylation is 4. The van der Waals surface area contributed by atoms with E-state index in [0.29, 0.717) is 83.4 Å². The van der Waals surface area contributed by atoms with E-state index in [2.05, 4.69) is 164 Å². The standard InChI is InChI=1S/C33H45N7O2.C33H47N7O2.C27H34ClN7O2/c1-33(2,3)22-7-8-25-26(15-22)38-28(37-25)9-6-20-12-23(13-20)39(16-19-4-5-19)17-21-14-27(30(42)29(21)41)40-11-10-24-31(34)35-18-36-32(24)40;1-19(2)16-39(17-21-14-27(30(42)29(21)41)40-11-10-24-31(34)35-18-36-32(24)40)23-12-20(13-23)6-9-28-37-25-8-7-22(33(3,4)5)15-26(25)38-28;1-14-7-20-21(11-19(14)28)33-23(32-20)4-3-15-8-17(9-15)34(2)12-16-10-22(25(37)24(16)36)35-6-5-18-26(29)30-13-31-27(18)35/h7-8,10-11,15,18-21,23,27,29-30,41-42H,4-6,9,12-14,16-17H2,1-3H3,(H,37,38)(H2,34,35,36);7-8,10-11,15,18-21,23,27,29-30,41-42H,6,9,12-14,16-17H2,1-5H3,(H,37,38)(H2,34,35,36);5-7,11,13,15-17,22,24-25,36-37H,3-4,8-10,12H2,1-2H3,(H,32,33)(H2,29,30,31)/t2*20?,21-,23?,27-,29-,30+;15?,16-,17?,22-,24-,25+/m111/s1. The van der Waals surface area contributed by atoms with Gasteiger partial charge in [0, 0.05) is 111 Å². The predicted molar refractivity (Wildman–Crippen MR) is 477 cm³/mol. The molecule has 0 aliphatic heterocycles. The maximum Gasteiger partial charge on any atom is 0.145 e. The van der Waals surface area contributed by atoms with Gasteiger partial charge in [-0.3, -0.25) is 9.80 Å². The number of imidazole rings is 3. The number of halogens is 1. The van der Waals surface area contributed by atoms with Crippen molar-refractivity contribution in [2.75, 3.05) is 57.0 Å². The molecule has 0 bridgehead atoms. The Morgan fingerprint density at radius 1 is 0.446 bits per heavy atom. The number of H-pyrrole nitrogens is 3. The summed E-state index contributed by atoms with van der Waals surface area (Å²) < 4.78 is 5.89. The van der Waals surface area contributed by atoms with Crippen LogP contribution in [0.2, 0.25) is 5.02 Å². The molecule has 121 heavy (non-hydrogen) atoms. The lowest BCUT2D eigenvalue weighted by Crippen LogP contribution is -2.49. The summed E-state index contributed by atoms with van der Waals surface area (Å²) in [5.41, 5.74) is 30.5. The number of anilines is 3. The normalized spacial score (nSPS) is 27.6. The van der Waals surface area contributed by atoms with E-state index in [4.69, 9.17) is 43.8 Å². The first-order chi connectivity index (χ1) is 57.9. The van der Waals surface area contributed by atoms with Crippen LogP contribution >= 0.6 is 11.6 Å². The molecule has 12 aromatic rings. The first kappa shape index (κ1) is 84.5. The number of nitrogen functional groups attached to an aromatic ring is 3. The Balaban J connectivity index is 0.000000130. The second kappa shape index (κ2) is 34.4. The molecule has 0 radical (unpaired) electrons. The summed E-state index contributed by atoms with van der Waals surface area (Å²) in [6.45, 7) is 24.5. The molecular formula is C93H126ClN21O6. The van der Waals surface area contributed by atoms with Gasteiger partial charge in [0.2, 0.25) is 0 Å². The fourth-order valence-electron chi connectivity index (χ4n) is 20.8. The molecule has 27 nitrogen and oxygen atoms in total. The van der Waals surface area contributed by atoms with Crippen molar-refractivity contribution in [2.45, 2.75) is 255 Å². The molecule has 7 aliphatic rings. The second-order valence-electron chi connectivity index (χ2n) is 39.7. The maximum atomic E-state index is 11.2. The summed E-state index contributed by atoms with van der Waals surface area (Å²) in [5, 5.41) is 69.3. The van der Waals surface area contributed by atoms with Crippen LogP contribution in [0.3, 0.4) is 0 Å². The minimum atomic E-state index is -0.847. The molecule has 7 aliphatic carbocycles. The van der Waals surface area contributed by atoms with E-state index in [-0.39, 0.29) is 46.7 Å². The molecule has 15 N–H and O–H groups in total. The minimum Gasteiger partial charge on any atom is -0.390 e. The Morgan fingerprint density at radius 2 is 0.818 bits per heavy atom. The second-order valence-corrected chi connectivity index (χ2v) is 40.1. The molecule has 9 heterocycles. The first-order valence-corrected chi connectivity index (χ1v) is 44.9. The van der Waals surface area contributed by atoms with E-state index in [9.17, 15) is 30.6 Å². The highest BCUT2D eigenvalue weighted by molar-refractivity contribution is 6.32. The van der Waals surface area contributed by atoms with Gasteiger partial charge in [-0.2, -0.15) is 0 Å². The number of nitrogens with zero attached hydrogens (tertiary/aromatic N) is 15. The number of aliphatic hydroxyl groups excluding tert-OH is 6. The number of aromatic amines is 3. The van der Waals surface area contributed by atoms with Gasteiger partial charge in [-0.05, 0) is 216 Å². The number of rotatable bonds is 25. The summed E-state index contributed by atoms with van der Waals surface area (Å²) in [7, 11) is 2.14. The molecule has 9 aromatic heterocycles. The quantitative estimate of drug-likeness (QED) is 0.0253. The molecule has 12 atom stereocenters. The van der Waals surface area contributed by atoms with Crippen LogP contribution in [0.25, 0.3) is 66.2 Å².